The summed E-state index contributed by atoms with van der Waals surface area (Å²) in [5.41, 5.74) is 0. The summed E-state index contributed by atoms with van der Waals surface area (Å²) >= 11 is 0. The molecule has 0 aromatic rings. The van der Waals surface area contributed by atoms with E-state index in [4.69, 9.17) is 5.11 Å². The number of aliphatic hydroxyl groups is 1. The van der Waals surface area contributed by atoms with Gasteiger partial charge in [0.2, 0.25) is 0 Å². The molecule has 0 saturated heterocycles. The second-order valence-electron chi connectivity index (χ2n) is 1.17. The maximum atomic E-state index is 8.45. The van der Waals surface area contributed by atoms with Crippen molar-refractivity contribution in [1.82, 2.24) is 0 Å². The Morgan fingerprint density at radius 3 is 2.71 bits per heavy atom. The van der Waals surface area contributed by atoms with Crippen LogP contribution in [0.15, 0.2) is 17.9 Å². The van der Waals surface area contributed by atoms with E-state index in [1.807, 2.05) is 6.08 Å². The van der Waals surface area contributed by atoms with Crippen molar-refractivity contribution in [3.05, 3.63) is 24.0 Å². The number of aliphatic hydroxyl groups excluding tert-OH is 1. The van der Waals surface area contributed by atoms with Crippen LogP contribution in [0.25, 0.3) is 0 Å². The van der Waals surface area contributed by atoms with Crippen LogP contribution >= 0.6 is 0 Å². The van der Waals surface area contributed by atoms with Crippen LogP contribution in [0.4, 0.5) is 0 Å². The van der Waals surface area contributed by atoms with Gasteiger partial charge in [0.05, 0.1) is 0 Å². The van der Waals surface area contributed by atoms with Gasteiger partial charge in [-0.2, -0.15) is 12.2 Å². The molecular formula is C5H7FeO. The molecule has 0 amide bonds. The van der Waals surface area contributed by atoms with Crippen LogP contribution in [0, 0.1) is 6.08 Å². The molecule has 1 nitrogen and oxygen atoms in total. The minimum atomic E-state index is 0. The molecule has 1 aliphatic rings. The van der Waals surface area contributed by atoms with Crippen molar-refractivity contribution in [1.29, 1.82) is 0 Å². The predicted octanol–water partition coefficient (Wildman–Crippen LogP) is 1.41. The van der Waals surface area contributed by atoms with Crippen molar-refractivity contribution in [3.63, 3.8) is 0 Å². The molecule has 0 unspecified atom stereocenters. The molecule has 0 aliphatic heterocycles. The molecule has 0 atom stereocenters. The monoisotopic (exact) mass is 139 g/mol. The largest absolute Gasteiger partial charge is 3.00 e. The van der Waals surface area contributed by atoms with Crippen LogP contribution < -0.4 is 0 Å². The topological polar surface area (TPSA) is 20.2 Å². The minimum absolute atomic E-state index is 0. The summed E-state index contributed by atoms with van der Waals surface area (Å²) in [5, 5.41) is 8.45. The first kappa shape index (κ1) is 6.80. The van der Waals surface area contributed by atoms with Crippen molar-refractivity contribution < 1.29 is 25.0 Å². The Hall–Kier alpha value is -0.201. The predicted molar refractivity (Wildman–Crippen MR) is 25.4 cm³/mol. The maximum Gasteiger partial charge on any atom is 3.00 e. The number of rotatable bonds is 0. The molecule has 0 spiro atoms. The number of hydrogen-bond acceptors (Lipinski definition) is 1. The van der Waals surface area contributed by atoms with E-state index in [2.05, 4.69) is 6.08 Å². The van der Waals surface area contributed by atoms with E-state index < -0.39 is 0 Å². The van der Waals surface area contributed by atoms with Gasteiger partial charge in [-0.05, 0) is 0 Å². The smallest absolute Gasteiger partial charge is 1.00 e. The van der Waals surface area contributed by atoms with E-state index in [0.29, 0.717) is 0 Å². The molecule has 1 radical (unpaired) electrons. The molecule has 0 fully saturated rings. The van der Waals surface area contributed by atoms with Crippen LogP contribution in [0.1, 0.15) is 9.27 Å². The molecule has 1 aliphatic carbocycles. The average Bonchev–Trinajstić information content (AvgIpc) is 1.86. The Morgan fingerprint density at radius 2 is 2.57 bits per heavy atom. The maximum absolute atomic E-state index is 8.45. The van der Waals surface area contributed by atoms with Crippen molar-refractivity contribution in [2.45, 2.75) is 6.42 Å². The third-order valence-corrected chi connectivity index (χ3v) is 0.677. The van der Waals surface area contributed by atoms with Gasteiger partial charge in [0.1, 0.15) is 0 Å². The van der Waals surface area contributed by atoms with Crippen molar-refractivity contribution >= 4 is 0 Å². The van der Waals surface area contributed by atoms with E-state index in [1.54, 1.807) is 6.08 Å². The third-order valence-electron chi connectivity index (χ3n) is 0.677. The molecule has 7 heavy (non-hydrogen) atoms. The third kappa shape index (κ3) is 1.81. The first-order valence-corrected chi connectivity index (χ1v) is 1.86. The van der Waals surface area contributed by atoms with Crippen LogP contribution in [0.2, 0.25) is 0 Å². The van der Waals surface area contributed by atoms with Crippen molar-refractivity contribution in [3.8, 4) is 0 Å². The average molecular weight is 139 g/mol. The Labute approximate surface area is 56.2 Å². The molecule has 0 heterocycles. The second-order valence-corrected chi connectivity index (χ2v) is 1.17. The molecule has 41 valence electrons. The van der Waals surface area contributed by atoms with Crippen LogP contribution in [-0.2, 0) is 17.1 Å². The van der Waals surface area contributed by atoms with E-state index in [1.165, 1.54) is 0 Å². The molecule has 0 saturated carbocycles. The Kier molecular flexibility index (Phi) is 2.81. The fraction of sp³-hybridized carbons (Fsp3) is 0.200. The van der Waals surface area contributed by atoms with Crippen molar-refractivity contribution in [2.24, 2.45) is 0 Å². The molecule has 1 N–H and O–H groups in total. The van der Waals surface area contributed by atoms with Gasteiger partial charge in [-0.15, -0.1) is 6.42 Å². The van der Waals surface area contributed by atoms with Gasteiger partial charge in [0.15, 0.2) is 0 Å². The van der Waals surface area contributed by atoms with Crippen molar-refractivity contribution in [2.75, 3.05) is 0 Å². The van der Waals surface area contributed by atoms with E-state index in [9.17, 15) is 0 Å². The van der Waals surface area contributed by atoms with Gasteiger partial charge >= 0.3 is 17.1 Å². The standard InChI is InChI=1S/C5H5O.Fe.2H/c6-5-3-1-2-4-5;;;/h1,3,6H,2H2;;;/q-1;+3;2*-1. The summed E-state index contributed by atoms with van der Waals surface area (Å²) in [7, 11) is 0. The molecule has 1 rings (SSSR count). The van der Waals surface area contributed by atoms with Crippen LogP contribution in [0.5, 0.6) is 0 Å². The molecule has 0 bridgehead atoms. The second kappa shape index (κ2) is 2.89. The summed E-state index contributed by atoms with van der Waals surface area (Å²) in [5.74, 6) is 0.273. The zero-order valence-corrected chi connectivity index (χ0v) is 4.77. The zero-order chi connectivity index (χ0) is 4.41. The van der Waals surface area contributed by atoms with Gasteiger partial charge in [0, 0.05) is 0 Å². The first-order valence-electron chi connectivity index (χ1n) is 1.86. The van der Waals surface area contributed by atoms with E-state index in [0.717, 1.165) is 6.42 Å². The van der Waals surface area contributed by atoms with Gasteiger partial charge in [0.25, 0.3) is 0 Å². The minimum Gasteiger partial charge on any atom is -1.00 e. The van der Waals surface area contributed by atoms with Gasteiger partial charge < -0.3 is 7.96 Å². The number of allylic oxidation sites excluding steroid dienone is 3. The molecular weight excluding hydrogens is 132 g/mol. The summed E-state index contributed by atoms with van der Waals surface area (Å²) in [6.07, 6.45) is 6.95. The fourth-order valence-corrected chi connectivity index (χ4v) is 0.393. The number of hydrogen-bond donors (Lipinski definition) is 1. The normalized spacial score (nSPS) is 15.7. The Morgan fingerprint density at radius 1 is 1.86 bits per heavy atom. The van der Waals surface area contributed by atoms with Crippen LogP contribution in [-0.4, -0.2) is 5.11 Å². The fourth-order valence-electron chi connectivity index (χ4n) is 0.393. The van der Waals surface area contributed by atoms with E-state index in [-0.39, 0.29) is 25.7 Å². The quantitative estimate of drug-likeness (QED) is 0.397. The Balaban J connectivity index is -0.000000120. The Bertz CT molecular complexity index is 109. The van der Waals surface area contributed by atoms with Gasteiger partial charge in [-0.1, -0.05) is 5.76 Å². The van der Waals surface area contributed by atoms with Gasteiger partial charge in [-0.3, -0.25) is 0 Å². The summed E-state index contributed by atoms with van der Waals surface area (Å²) in [6.45, 7) is 0. The SMILES string of the molecule is OC1=[C-]CC=C1.[Fe+3].[H-].[H-]. The first-order chi connectivity index (χ1) is 2.89. The van der Waals surface area contributed by atoms with E-state index >= 15 is 0 Å². The zero-order valence-electron chi connectivity index (χ0n) is 5.66. The molecule has 0 aromatic carbocycles. The molecule has 0 aromatic heterocycles. The van der Waals surface area contributed by atoms with Gasteiger partial charge in [-0.25, -0.2) is 6.08 Å². The summed E-state index contributed by atoms with van der Waals surface area (Å²) < 4.78 is 0. The van der Waals surface area contributed by atoms with Crippen LogP contribution in [0.3, 0.4) is 0 Å². The summed E-state index contributed by atoms with van der Waals surface area (Å²) in [6, 6.07) is 0. The molecule has 2 heteroatoms. The summed E-state index contributed by atoms with van der Waals surface area (Å²) in [4.78, 5) is 0.